The molecule has 1 heterocycles. The molecule has 1 aliphatic rings. The largest absolute Gasteiger partial charge is 0.149 e. The van der Waals surface area contributed by atoms with E-state index in [1.807, 2.05) is 11.3 Å². The van der Waals surface area contributed by atoms with Crippen molar-refractivity contribution in [2.45, 2.75) is 51.4 Å². The van der Waals surface area contributed by atoms with Crippen LogP contribution in [-0.4, -0.2) is 0 Å². The highest BCUT2D eigenvalue weighted by molar-refractivity contribution is 7.10. The maximum Gasteiger partial charge on any atom is 0.00761 e. The van der Waals surface area contributed by atoms with E-state index in [1.54, 1.807) is 4.88 Å². The van der Waals surface area contributed by atoms with Crippen LogP contribution in [0, 0.1) is 5.92 Å². The first kappa shape index (κ1) is 10.2. The molecule has 0 atom stereocenters. The van der Waals surface area contributed by atoms with Gasteiger partial charge in [-0.25, -0.2) is 0 Å². The molecule has 1 fully saturated rings. The normalized spacial score (nSPS) is 27.8. The lowest BCUT2D eigenvalue weighted by Gasteiger charge is -2.27. The highest BCUT2D eigenvalue weighted by atomic mass is 32.1. The van der Waals surface area contributed by atoms with E-state index in [4.69, 9.17) is 0 Å². The fourth-order valence-electron chi connectivity index (χ4n) is 2.67. The van der Waals surface area contributed by atoms with Crippen molar-refractivity contribution in [2.24, 2.45) is 5.92 Å². The van der Waals surface area contributed by atoms with Gasteiger partial charge < -0.3 is 0 Å². The molecule has 0 aliphatic heterocycles. The first-order valence-electron chi connectivity index (χ1n) is 5.93. The molecule has 1 heteroatoms. The lowest BCUT2D eigenvalue weighted by molar-refractivity contribution is 0.310. The van der Waals surface area contributed by atoms with Gasteiger partial charge in [-0.15, -0.1) is 11.3 Å². The summed E-state index contributed by atoms with van der Waals surface area (Å²) in [5.41, 5.74) is 0. The van der Waals surface area contributed by atoms with Crippen LogP contribution in [0.15, 0.2) is 17.5 Å². The van der Waals surface area contributed by atoms with Gasteiger partial charge in [0.25, 0.3) is 0 Å². The summed E-state index contributed by atoms with van der Waals surface area (Å²) in [6.07, 6.45) is 8.63. The molecule has 0 bridgehead atoms. The van der Waals surface area contributed by atoms with Crippen LogP contribution in [0.3, 0.4) is 0 Å². The second-order valence-electron chi connectivity index (χ2n) is 4.52. The van der Waals surface area contributed by atoms with Crippen molar-refractivity contribution in [3.63, 3.8) is 0 Å². The molecule has 78 valence electrons. The molecule has 14 heavy (non-hydrogen) atoms. The van der Waals surface area contributed by atoms with Gasteiger partial charge in [-0.05, 0) is 49.0 Å². The summed E-state index contributed by atoms with van der Waals surface area (Å²) in [4.78, 5) is 1.62. The molecule has 0 nitrogen and oxygen atoms in total. The van der Waals surface area contributed by atoms with Gasteiger partial charge in [0.05, 0.1) is 0 Å². The Morgan fingerprint density at radius 1 is 1.29 bits per heavy atom. The molecular formula is C13H20S. The van der Waals surface area contributed by atoms with Crippen molar-refractivity contribution in [3.05, 3.63) is 22.4 Å². The van der Waals surface area contributed by atoms with Gasteiger partial charge in [0.2, 0.25) is 0 Å². The van der Waals surface area contributed by atoms with Crippen molar-refractivity contribution in [1.29, 1.82) is 0 Å². The lowest BCUT2D eigenvalue weighted by Crippen LogP contribution is -2.12. The van der Waals surface area contributed by atoms with E-state index in [-0.39, 0.29) is 0 Å². The van der Waals surface area contributed by atoms with E-state index < -0.39 is 0 Å². The zero-order valence-electron chi connectivity index (χ0n) is 9.04. The van der Waals surface area contributed by atoms with Crippen molar-refractivity contribution >= 4 is 11.3 Å². The first-order valence-corrected chi connectivity index (χ1v) is 6.81. The van der Waals surface area contributed by atoms with Crippen molar-refractivity contribution in [2.75, 3.05) is 0 Å². The molecule has 1 aliphatic carbocycles. The van der Waals surface area contributed by atoms with Crippen LogP contribution in [0.25, 0.3) is 0 Å². The average molecular weight is 208 g/mol. The smallest absolute Gasteiger partial charge is 0.00761 e. The first-order chi connectivity index (χ1) is 6.90. The summed E-state index contributed by atoms with van der Waals surface area (Å²) < 4.78 is 0. The Balaban J connectivity index is 1.84. The maximum atomic E-state index is 2.31. The van der Waals surface area contributed by atoms with Gasteiger partial charge in [0, 0.05) is 4.88 Å². The van der Waals surface area contributed by atoms with E-state index in [2.05, 4.69) is 24.4 Å². The zero-order chi connectivity index (χ0) is 9.80. The Morgan fingerprint density at radius 3 is 2.64 bits per heavy atom. The molecule has 1 aromatic heterocycles. The van der Waals surface area contributed by atoms with E-state index in [9.17, 15) is 0 Å². The van der Waals surface area contributed by atoms with Crippen molar-refractivity contribution < 1.29 is 0 Å². The van der Waals surface area contributed by atoms with Crippen LogP contribution in [0.4, 0.5) is 0 Å². The van der Waals surface area contributed by atoms with Crippen LogP contribution in [0.5, 0.6) is 0 Å². The van der Waals surface area contributed by atoms with Gasteiger partial charge >= 0.3 is 0 Å². The molecule has 1 saturated carbocycles. The summed E-state index contributed by atoms with van der Waals surface area (Å²) in [7, 11) is 0. The Bertz CT molecular complexity index is 242. The Kier molecular flexibility index (Phi) is 3.63. The summed E-state index contributed by atoms with van der Waals surface area (Å²) >= 11 is 1.94. The Morgan fingerprint density at radius 2 is 2.07 bits per heavy atom. The van der Waals surface area contributed by atoms with Gasteiger partial charge in [-0.1, -0.05) is 25.8 Å². The average Bonchev–Trinajstić information content (AvgIpc) is 2.72. The van der Waals surface area contributed by atoms with Crippen LogP contribution >= 0.6 is 11.3 Å². The molecule has 0 amide bonds. The second-order valence-corrected chi connectivity index (χ2v) is 5.50. The monoisotopic (exact) mass is 208 g/mol. The number of rotatable bonds is 3. The fourth-order valence-corrected chi connectivity index (χ4v) is 3.57. The predicted molar refractivity (Wildman–Crippen MR) is 63.9 cm³/mol. The summed E-state index contributed by atoms with van der Waals surface area (Å²) in [5, 5.41) is 2.22. The summed E-state index contributed by atoms with van der Waals surface area (Å²) in [5.74, 6) is 1.93. The minimum atomic E-state index is 0.892. The number of hydrogen-bond acceptors (Lipinski definition) is 1. The molecule has 0 unspecified atom stereocenters. The Labute approximate surface area is 91.4 Å². The molecule has 0 aromatic carbocycles. The van der Waals surface area contributed by atoms with Crippen LogP contribution < -0.4 is 0 Å². The third kappa shape index (κ3) is 2.38. The molecule has 0 radical (unpaired) electrons. The predicted octanol–water partition coefficient (Wildman–Crippen LogP) is 4.82. The minimum absolute atomic E-state index is 0.892. The Hall–Kier alpha value is -0.300. The highest BCUT2D eigenvalue weighted by Crippen LogP contribution is 2.38. The second kappa shape index (κ2) is 4.97. The molecule has 2 rings (SSSR count). The van der Waals surface area contributed by atoms with E-state index in [1.165, 1.54) is 38.5 Å². The minimum Gasteiger partial charge on any atom is -0.149 e. The third-order valence-corrected chi connectivity index (χ3v) is 4.52. The van der Waals surface area contributed by atoms with Crippen LogP contribution in [0.2, 0.25) is 0 Å². The van der Waals surface area contributed by atoms with Gasteiger partial charge in [-0.3, -0.25) is 0 Å². The van der Waals surface area contributed by atoms with E-state index in [0.717, 1.165) is 11.8 Å². The standard InChI is InChI=1S/C13H20S/c1-2-4-11-6-8-12(9-7-11)13-5-3-10-14-13/h3,5,10-12H,2,4,6-9H2,1H3/t11-,12-. The van der Waals surface area contributed by atoms with E-state index in [0.29, 0.717) is 0 Å². The van der Waals surface area contributed by atoms with Gasteiger partial charge in [0.15, 0.2) is 0 Å². The lowest BCUT2D eigenvalue weighted by atomic mass is 9.79. The quantitative estimate of drug-likeness (QED) is 0.668. The molecule has 0 N–H and O–H groups in total. The zero-order valence-corrected chi connectivity index (χ0v) is 9.85. The maximum absolute atomic E-state index is 2.31. The van der Waals surface area contributed by atoms with Crippen LogP contribution in [0.1, 0.15) is 56.2 Å². The molecular weight excluding hydrogens is 188 g/mol. The van der Waals surface area contributed by atoms with E-state index >= 15 is 0 Å². The van der Waals surface area contributed by atoms with Gasteiger partial charge in [0.1, 0.15) is 0 Å². The number of thiophene rings is 1. The summed E-state index contributed by atoms with van der Waals surface area (Å²) in [6, 6.07) is 4.51. The van der Waals surface area contributed by atoms with Crippen molar-refractivity contribution in [1.82, 2.24) is 0 Å². The molecule has 0 saturated heterocycles. The number of hydrogen-bond donors (Lipinski definition) is 0. The SMILES string of the molecule is CCC[C@H]1CC[C@H](c2cccs2)CC1. The fraction of sp³-hybridized carbons (Fsp3) is 0.692. The van der Waals surface area contributed by atoms with Gasteiger partial charge in [-0.2, -0.15) is 0 Å². The molecule has 1 aromatic rings. The third-order valence-electron chi connectivity index (χ3n) is 3.49. The van der Waals surface area contributed by atoms with Crippen LogP contribution in [-0.2, 0) is 0 Å². The topological polar surface area (TPSA) is 0 Å². The summed E-state index contributed by atoms with van der Waals surface area (Å²) in [6.45, 7) is 2.31. The molecule has 0 spiro atoms. The highest BCUT2D eigenvalue weighted by Gasteiger charge is 2.21. The van der Waals surface area contributed by atoms with Crippen molar-refractivity contribution in [3.8, 4) is 0 Å².